The molecule has 0 bridgehead atoms. The fraction of sp³-hybridized carbons (Fsp3) is 0.462. The fourth-order valence-electron chi connectivity index (χ4n) is 1.97. The van der Waals surface area contributed by atoms with Gasteiger partial charge in [-0.3, -0.25) is 0 Å². The summed E-state index contributed by atoms with van der Waals surface area (Å²) in [5, 5.41) is 8.90. The summed E-state index contributed by atoms with van der Waals surface area (Å²) in [5.41, 5.74) is 5.18. The van der Waals surface area contributed by atoms with E-state index in [1.165, 1.54) is 16.4 Å². The lowest BCUT2D eigenvalue weighted by Gasteiger charge is -2.26. The van der Waals surface area contributed by atoms with Gasteiger partial charge in [0.2, 0.25) is 10.0 Å². The van der Waals surface area contributed by atoms with Crippen LogP contribution in [0.1, 0.15) is 25.8 Å². The number of hydrogen-bond donors (Lipinski definition) is 2. The molecule has 118 valence electrons. The number of sulfonamides is 1. The fourth-order valence-corrected chi connectivity index (χ4v) is 4.13. The molecule has 0 saturated carbocycles. The monoisotopic (exact) mass is 334 g/mol. The van der Waals surface area contributed by atoms with Crippen molar-refractivity contribution in [3.05, 3.63) is 29.6 Å². The summed E-state index contributed by atoms with van der Waals surface area (Å²) < 4.78 is 40.5. The maximum atomic E-state index is 13.9. The number of benzene rings is 1. The lowest BCUT2D eigenvalue weighted by Crippen LogP contribution is -2.39. The molecule has 0 aliphatic heterocycles. The van der Waals surface area contributed by atoms with Gasteiger partial charge in [-0.15, -0.1) is 0 Å². The molecule has 1 aromatic rings. The van der Waals surface area contributed by atoms with Crippen LogP contribution in [0.3, 0.4) is 0 Å². The molecule has 0 aliphatic carbocycles. The highest BCUT2D eigenvalue weighted by atomic mass is 32.2. The van der Waals surface area contributed by atoms with Crippen LogP contribution in [0.4, 0.5) is 4.39 Å². The number of rotatable bonds is 7. The van der Waals surface area contributed by atoms with Gasteiger partial charge in [-0.1, -0.05) is 18.3 Å². The van der Waals surface area contributed by atoms with Gasteiger partial charge < -0.3 is 10.8 Å². The van der Waals surface area contributed by atoms with Crippen molar-refractivity contribution in [1.82, 2.24) is 4.31 Å². The molecular formula is C13H19FN2O3S2. The third-order valence-corrected chi connectivity index (χ3v) is 5.24. The van der Waals surface area contributed by atoms with E-state index in [4.69, 9.17) is 23.1 Å². The summed E-state index contributed by atoms with van der Waals surface area (Å²) in [4.78, 5) is -0.556. The Morgan fingerprint density at radius 1 is 1.48 bits per heavy atom. The topological polar surface area (TPSA) is 83.6 Å². The molecule has 1 rings (SSSR count). The molecule has 0 aromatic heterocycles. The van der Waals surface area contributed by atoms with Crippen LogP contribution in [-0.4, -0.2) is 42.0 Å². The maximum absolute atomic E-state index is 13.9. The second-order valence-electron chi connectivity index (χ2n) is 4.76. The Morgan fingerprint density at radius 3 is 2.57 bits per heavy atom. The molecule has 5 nitrogen and oxygen atoms in total. The number of halogens is 1. The van der Waals surface area contributed by atoms with Crippen molar-refractivity contribution in [3.63, 3.8) is 0 Å². The zero-order chi connectivity index (χ0) is 16.2. The van der Waals surface area contributed by atoms with Gasteiger partial charge in [-0.2, -0.15) is 4.31 Å². The minimum atomic E-state index is -3.96. The number of aliphatic hydroxyl groups is 1. The van der Waals surface area contributed by atoms with Crippen molar-refractivity contribution >= 4 is 27.2 Å². The molecule has 0 heterocycles. The number of hydrogen-bond acceptors (Lipinski definition) is 4. The Hall–Kier alpha value is -1.09. The van der Waals surface area contributed by atoms with E-state index in [1.807, 2.05) is 0 Å². The molecule has 21 heavy (non-hydrogen) atoms. The van der Waals surface area contributed by atoms with Gasteiger partial charge in [0.1, 0.15) is 10.8 Å². The van der Waals surface area contributed by atoms with E-state index in [0.717, 1.165) is 6.07 Å². The molecule has 8 heteroatoms. The Morgan fingerprint density at radius 2 is 2.10 bits per heavy atom. The first kappa shape index (κ1) is 18.0. The van der Waals surface area contributed by atoms with E-state index >= 15 is 0 Å². The molecule has 0 unspecified atom stereocenters. The summed E-state index contributed by atoms with van der Waals surface area (Å²) in [6, 6.07) is 3.35. The van der Waals surface area contributed by atoms with Crippen molar-refractivity contribution in [2.75, 3.05) is 13.2 Å². The number of aliphatic hydroxyl groups excluding tert-OH is 1. The van der Waals surface area contributed by atoms with E-state index in [1.54, 1.807) is 13.8 Å². The van der Waals surface area contributed by atoms with Crippen molar-refractivity contribution < 1.29 is 17.9 Å². The van der Waals surface area contributed by atoms with Crippen molar-refractivity contribution in [1.29, 1.82) is 0 Å². The second kappa shape index (κ2) is 7.26. The summed E-state index contributed by atoms with van der Waals surface area (Å²) >= 11 is 4.76. The van der Waals surface area contributed by atoms with Gasteiger partial charge in [0, 0.05) is 19.2 Å². The smallest absolute Gasteiger partial charge is 0.244 e. The van der Waals surface area contributed by atoms with Crippen LogP contribution in [0, 0.1) is 5.82 Å². The Labute approximate surface area is 129 Å². The quantitative estimate of drug-likeness (QED) is 0.733. The summed E-state index contributed by atoms with van der Waals surface area (Å²) in [6.07, 6.45) is 0.287. The van der Waals surface area contributed by atoms with Crippen LogP contribution in [0.5, 0.6) is 0 Å². The molecule has 0 radical (unpaired) electrons. The van der Waals surface area contributed by atoms with Crippen LogP contribution in [-0.2, 0) is 10.0 Å². The highest BCUT2D eigenvalue weighted by Gasteiger charge is 2.30. The third-order valence-electron chi connectivity index (χ3n) is 2.92. The SMILES string of the molecule is CC(C)N(CCCO)S(=O)(=O)c1cccc(F)c1C(N)=S. The average Bonchev–Trinajstić information content (AvgIpc) is 2.37. The lowest BCUT2D eigenvalue weighted by molar-refractivity contribution is 0.258. The van der Waals surface area contributed by atoms with Crippen LogP contribution < -0.4 is 5.73 Å². The van der Waals surface area contributed by atoms with Crippen LogP contribution >= 0.6 is 12.2 Å². The molecule has 3 N–H and O–H groups in total. The molecular weight excluding hydrogens is 315 g/mol. The molecule has 0 fully saturated rings. The summed E-state index contributed by atoms with van der Waals surface area (Å²) in [5.74, 6) is -0.769. The first-order valence-electron chi connectivity index (χ1n) is 6.44. The molecule has 0 saturated heterocycles. The number of nitrogens with zero attached hydrogens (tertiary/aromatic N) is 1. The molecule has 0 amide bonds. The first-order valence-corrected chi connectivity index (χ1v) is 8.29. The van der Waals surface area contributed by atoms with E-state index in [9.17, 15) is 12.8 Å². The minimum absolute atomic E-state index is 0.129. The highest BCUT2D eigenvalue weighted by molar-refractivity contribution is 7.89. The van der Waals surface area contributed by atoms with E-state index in [2.05, 4.69) is 0 Å². The largest absolute Gasteiger partial charge is 0.396 e. The predicted molar refractivity (Wildman–Crippen MR) is 83.0 cm³/mol. The summed E-state index contributed by atoms with van der Waals surface area (Å²) in [6.45, 7) is 3.40. The minimum Gasteiger partial charge on any atom is -0.396 e. The van der Waals surface area contributed by atoms with Crippen molar-refractivity contribution in [3.8, 4) is 0 Å². The normalized spacial score (nSPS) is 12.1. The van der Waals surface area contributed by atoms with E-state index in [-0.39, 0.29) is 41.1 Å². The van der Waals surface area contributed by atoms with Crippen LogP contribution in [0.2, 0.25) is 0 Å². The third kappa shape index (κ3) is 3.97. The zero-order valence-electron chi connectivity index (χ0n) is 11.9. The zero-order valence-corrected chi connectivity index (χ0v) is 13.5. The highest BCUT2D eigenvalue weighted by Crippen LogP contribution is 2.24. The average molecular weight is 334 g/mol. The maximum Gasteiger partial charge on any atom is 0.244 e. The second-order valence-corrected chi connectivity index (χ2v) is 7.06. The van der Waals surface area contributed by atoms with Gasteiger partial charge in [-0.05, 0) is 32.4 Å². The molecule has 0 atom stereocenters. The van der Waals surface area contributed by atoms with Gasteiger partial charge in [0.05, 0.1) is 10.5 Å². The predicted octanol–water partition coefficient (Wildman–Crippen LogP) is 1.24. The van der Waals surface area contributed by atoms with Gasteiger partial charge in [-0.25, -0.2) is 12.8 Å². The Balaban J connectivity index is 3.42. The van der Waals surface area contributed by atoms with Crippen LogP contribution in [0.25, 0.3) is 0 Å². The standard InChI is InChI=1S/C13H19FN2O3S2/c1-9(2)16(7-4-8-17)21(18,19)11-6-3-5-10(14)12(11)13(15)20/h3,5-6,9,17H,4,7-8H2,1-2H3,(H2,15,20). The number of nitrogens with two attached hydrogens (primary N) is 1. The first-order chi connectivity index (χ1) is 9.73. The van der Waals surface area contributed by atoms with E-state index in [0.29, 0.717) is 0 Å². The van der Waals surface area contributed by atoms with Gasteiger partial charge >= 0.3 is 0 Å². The lowest BCUT2D eigenvalue weighted by atomic mass is 10.2. The van der Waals surface area contributed by atoms with Crippen molar-refractivity contribution in [2.24, 2.45) is 5.73 Å². The molecule has 0 aliphatic rings. The van der Waals surface area contributed by atoms with Gasteiger partial charge in [0.25, 0.3) is 0 Å². The Bertz CT molecular complexity index is 618. The number of thiocarbonyl (C=S) groups is 1. The summed E-state index contributed by atoms with van der Waals surface area (Å²) in [7, 11) is -3.96. The molecule has 0 spiro atoms. The molecule has 1 aromatic carbocycles. The Kier molecular flexibility index (Phi) is 6.21. The van der Waals surface area contributed by atoms with Crippen LogP contribution in [0.15, 0.2) is 23.1 Å². The van der Waals surface area contributed by atoms with Crippen molar-refractivity contribution in [2.45, 2.75) is 31.2 Å². The van der Waals surface area contributed by atoms with E-state index < -0.39 is 15.8 Å². The van der Waals surface area contributed by atoms with Gasteiger partial charge in [0.15, 0.2) is 0 Å².